The van der Waals surface area contributed by atoms with Crippen LogP contribution in [0, 0.1) is 0 Å². The molecule has 0 saturated heterocycles. The summed E-state index contributed by atoms with van der Waals surface area (Å²) in [7, 11) is -3.14. The highest BCUT2D eigenvalue weighted by Crippen LogP contribution is 2.09. The number of rotatable bonds is 7. The number of sulfonamides is 1. The minimum Gasteiger partial charge on any atom is -0.478 e. The van der Waals surface area contributed by atoms with Crippen LogP contribution in [0.2, 0.25) is 0 Å². The van der Waals surface area contributed by atoms with Crippen LogP contribution in [0.1, 0.15) is 6.92 Å². The van der Waals surface area contributed by atoms with E-state index in [1.807, 2.05) is 6.92 Å². The molecule has 0 aromatic carbocycles. The van der Waals surface area contributed by atoms with E-state index in [0.29, 0.717) is 31.4 Å². The Morgan fingerprint density at radius 3 is 2.76 bits per heavy atom. The summed E-state index contributed by atoms with van der Waals surface area (Å²) in [5, 5.41) is 2.96. The Labute approximate surface area is 101 Å². The largest absolute Gasteiger partial charge is 0.478 e. The zero-order chi connectivity index (χ0) is 12.7. The van der Waals surface area contributed by atoms with Crippen LogP contribution < -0.4 is 14.8 Å². The third-order valence-corrected chi connectivity index (χ3v) is 2.46. The molecule has 0 fully saturated rings. The van der Waals surface area contributed by atoms with Crippen molar-refractivity contribution in [2.45, 2.75) is 6.92 Å². The van der Waals surface area contributed by atoms with Gasteiger partial charge in [-0.15, -0.1) is 0 Å². The standard InChI is InChI=1S/C9H16N4O3S/c1-3-16-9-6-8(11-7-12-9)10-4-5-13-17(2,14)15/h6-7,13H,3-5H2,1-2H3,(H,10,11,12). The van der Waals surface area contributed by atoms with Crippen LogP contribution in [0.3, 0.4) is 0 Å². The maximum atomic E-state index is 10.8. The summed E-state index contributed by atoms with van der Waals surface area (Å²) in [5.74, 6) is 1.08. The molecule has 0 aliphatic carbocycles. The van der Waals surface area contributed by atoms with Gasteiger partial charge in [0.25, 0.3) is 0 Å². The number of hydrogen-bond acceptors (Lipinski definition) is 6. The molecular weight excluding hydrogens is 244 g/mol. The highest BCUT2D eigenvalue weighted by Gasteiger charge is 2.00. The van der Waals surface area contributed by atoms with Gasteiger partial charge in [0.05, 0.1) is 12.9 Å². The van der Waals surface area contributed by atoms with Crippen molar-refractivity contribution in [3.05, 3.63) is 12.4 Å². The first-order chi connectivity index (χ1) is 8.01. The summed E-state index contributed by atoms with van der Waals surface area (Å²) in [6, 6.07) is 1.66. The van der Waals surface area contributed by atoms with Crippen molar-refractivity contribution in [2.24, 2.45) is 0 Å². The average molecular weight is 260 g/mol. The van der Waals surface area contributed by atoms with Crippen molar-refractivity contribution >= 4 is 15.8 Å². The smallest absolute Gasteiger partial charge is 0.218 e. The fourth-order valence-electron chi connectivity index (χ4n) is 1.09. The third-order valence-electron chi connectivity index (χ3n) is 1.73. The molecule has 8 heteroatoms. The van der Waals surface area contributed by atoms with Gasteiger partial charge in [0.15, 0.2) is 0 Å². The second kappa shape index (κ2) is 6.36. The molecule has 0 aliphatic heterocycles. The number of aromatic nitrogens is 2. The van der Waals surface area contributed by atoms with Gasteiger partial charge < -0.3 is 10.1 Å². The van der Waals surface area contributed by atoms with Crippen LogP contribution in [0.4, 0.5) is 5.82 Å². The predicted molar refractivity (Wildman–Crippen MR) is 64.5 cm³/mol. The fourth-order valence-corrected chi connectivity index (χ4v) is 1.56. The number of nitrogens with one attached hydrogen (secondary N) is 2. The van der Waals surface area contributed by atoms with E-state index in [9.17, 15) is 8.42 Å². The number of ether oxygens (including phenoxy) is 1. The van der Waals surface area contributed by atoms with Gasteiger partial charge in [-0.2, -0.15) is 0 Å². The van der Waals surface area contributed by atoms with E-state index >= 15 is 0 Å². The highest BCUT2D eigenvalue weighted by atomic mass is 32.2. The molecule has 17 heavy (non-hydrogen) atoms. The van der Waals surface area contributed by atoms with E-state index in [0.717, 1.165) is 6.26 Å². The van der Waals surface area contributed by atoms with Crippen molar-refractivity contribution < 1.29 is 13.2 Å². The molecular formula is C9H16N4O3S. The summed E-state index contributed by atoms with van der Waals surface area (Å²) in [6.07, 6.45) is 2.50. The zero-order valence-electron chi connectivity index (χ0n) is 9.80. The van der Waals surface area contributed by atoms with Gasteiger partial charge in [-0.25, -0.2) is 23.1 Å². The van der Waals surface area contributed by atoms with Gasteiger partial charge in [0.1, 0.15) is 12.1 Å². The lowest BCUT2D eigenvalue weighted by Crippen LogP contribution is -2.27. The van der Waals surface area contributed by atoms with E-state index in [-0.39, 0.29) is 0 Å². The summed E-state index contributed by atoms with van der Waals surface area (Å²) in [5.41, 5.74) is 0. The topological polar surface area (TPSA) is 93.2 Å². The monoisotopic (exact) mass is 260 g/mol. The first-order valence-electron chi connectivity index (χ1n) is 5.14. The molecule has 0 amide bonds. The van der Waals surface area contributed by atoms with E-state index in [1.165, 1.54) is 6.33 Å². The lowest BCUT2D eigenvalue weighted by atomic mass is 10.5. The molecule has 1 rings (SSSR count). The molecule has 96 valence electrons. The zero-order valence-corrected chi connectivity index (χ0v) is 10.6. The van der Waals surface area contributed by atoms with Gasteiger partial charge in [-0.1, -0.05) is 0 Å². The maximum absolute atomic E-state index is 10.8. The van der Waals surface area contributed by atoms with Gasteiger partial charge in [0.2, 0.25) is 15.9 Å². The molecule has 0 unspecified atom stereocenters. The van der Waals surface area contributed by atoms with Gasteiger partial charge in [0, 0.05) is 19.2 Å². The van der Waals surface area contributed by atoms with Crippen molar-refractivity contribution in [3.63, 3.8) is 0 Å². The third kappa shape index (κ3) is 6.03. The second-order valence-corrected chi connectivity index (χ2v) is 5.10. The Bertz CT molecular complexity index is 449. The Morgan fingerprint density at radius 2 is 2.12 bits per heavy atom. The van der Waals surface area contributed by atoms with E-state index < -0.39 is 10.0 Å². The quantitative estimate of drug-likeness (QED) is 0.661. The van der Waals surface area contributed by atoms with Crippen LogP contribution in [0.25, 0.3) is 0 Å². The van der Waals surface area contributed by atoms with Crippen molar-refractivity contribution in [2.75, 3.05) is 31.3 Å². The van der Waals surface area contributed by atoms with Crippen molar-refractivity contribution in [1.82, 2.24) is 14.7 Å². The highest BCUT2D eigenvalue weighted by molar-refractivity contribution is 7.88. The second-order valence-electron chi connectivity index (χ2n) is 3.27. The molecule has 2 N–H and O–H groups in total. The molecule has 0 radical (unpaired) electrons. The molecule has 0 bridgehead atoms. The van der Waals surface area contributed by atoms with E-state index in [4.69, 9.17) is 4.74 Å². The Hall–Kier alpha value is -1.41. The average Bonchev–Trinajstić information content (AvgIpc) is 2.24. The van der Waals surface area contributed by atoms with E-state index in [1.54, 1.807) is 6.07 Å². The Morgan fingerprint density at radius 1 is 1.35 bits per heavy atom. The molecule has 0 atom stereocenters. The van der Waals surface area contributed by atoms with E-state index in [2.05, 4.69) is 20.0 Å². The number of hydrogen-bond donors (Lipinski definition) is 2. The molecule has 0 saturated carbocycles. The molecule has 1 aromatic rings. The molecule has 7 nitrogen and oxygen atoms in total. The summed E-state index contributed by atoms with van der Waals surface area (Å²) >= 11 is 0. The minimum absolute atomic E-state index is 0.298. The first-order valence-corrected chi connectivity index (χ1v) is 7.04. The minimum atomic E-state index is -3.14. The molecule has 1 aromatic heterocycles. The van der Waals surface area contributed by atoms with Crippen LogP contribution in [-0.4, -0.2) is 44.3 Å². The van der Waals surface area contributed by atoms with Crippen molar-refractivity contribution in [3.8, 4) is 5.88 Å². The van der Waals surface area contributed by atoms with Crippen LogP contribution in [0.15, 0.2) is 12.4 Å². The Balaban J connectivity index is 2.38. The lowest BCUT2D eigenvalue weighted by molar-refractivity contribution is 0.326. The van der Waals surface area contributed by atoms with Crippen LogP contribution >= 0.6 is 0 Å². The Kier molecular flexibility index (Phi) is 5.11. The molecule has 0 aliphatic rings. The predicted octanol–water partition coefficient (Wildman–Crippen LogP) is -0.164. The van der Waals surface area contributed by atoms with Gasteiger partial charge in [-0.05, 0) is 6.92 Å². The summed E-state index contributed by atoms with van der Waals surface area (Å²) in [4.78, 5) is 7.89. The maximum Gasteiger partial charge on any atom is 0.218 e. The number of anilines is 1. The normalized spacial score (nSPS) is 11.2. The van der Waals surface area contributed by atoms with Crippen LogP contribution in [0.5, 0.6) is 5.88 Å². The first kappa shape index (κ1) is 13.7. The lowest BCUT2D eigenvalue weighted by Gasteiger charge is -2.07. The SMILES string of the molecule is CCOc1cc(NCCNS(C)(=O)=O)ncn1. The summed E-state index contributed by atoms with van der Waals surface area (Å²) < 4.78 is 29.2. The number of nitrogens with zero attached hydrogens (tertiary/aromatic N) is 2. The molecule has 1 heterocycles. The van der Waals surface area contributed by atoms with Gasteiger partial charge in [-0.3, -0.25) is 0 Å². The molecule has 0 spiro atoms. The fraction of sp³-hybridized carbons (Fsp3) is 0.556. The van der Waals surface area contributed by atoms with Crippen LogP contribution in [-0.2, 0) is 10.0 Å². The summed E-state index contributed by atoms with van der Waals surface area (Å²) in [6.45, 7) is 3.14. The van der Waals surface area contributed by atoms with Gasteiger partial charge >= 0.3 is 0 Å². The van der Waals surface area contributed by atoms with Crippen molar-refractivity contribution in [1.29, 1.82) is 0 Å².